The van der Waals surface area contributed by atoms with E-state index in [9.17, 15) is 0 Å². The van der Waals surface area contributed by atoms with Gasteiger partial charge in [0.25, 0.3) is 0 Å². The molecule has 1 fully saturated rings. The van der Waals surface area contributed by atoms with E-state index in [0.717, 1.165) is 12.6 Å². The first-order chi connectivity index (χ1) is 9.38. The fraction of sp³-hybridized carbons (Fsp3) is 0.684. The summed E-state index contributed by atoms with van der Waals surface area (Å²) in [4.78, 5) is 0. The first-order valence-electron chi connectivity index (χ1n) is 8.22. The van der Waals surface area contributed by atoms with Crippen LogP contribution in [0.2, 0.25) is 0 Å². The first-order valence-corrected chi connectivity index (χ1v) is 8.22. The average molecular weight is 273 g/mol. The maximum atomic E-state index is 3.73. The highest BCUT2D eigenvalue weighted by Crippen LogP contribution is 2.27. The Hall–Kier alpha value is -0.820. The molecule has 20 heavy (non-hydrogen) atoms. The van der Waals surface area contributed by atoms with Crippen molar-refractivity contribution in [2.24, 2.45) is 0 Å². The lowest BCUT2D eigenvalue weighted by Gasteiger charge is -2.22. The van der Waals surface area contributed by atoms with Gasteiger partial charge in [-0.25, -0.2) is 0 Å². The summed E-state index contributed by atoms with van der Waals surface area (Å²) in [6.45, 7) is 12.6. The molecule has 0 heterocycles. The van der Waals surface area contributed by atoms with Gasteiger partial charge in [0.15, 0.2) is 0 Å². The van der Waals surface area contributed by atoms with Crippen LogP contribution in [0.3, 0.4) is 0 Å². The lowest BCUT2D eigenvalue weighted by Crippen LogP contribution is -2.28. The van der Waals surface area contributed by atoms with Crippen LogP contribution < -0.4 is 5.32 Å². The molecule has 112 valence electrons. The number of aryl methyl sites for hydroxylation is 2. The predicted molar refractivity (Wildman–Crippen MR) is 88.6 cm³/mol. The SMILES string of the molecule is Cc1cc(C(C)(C)C)cc(C)c1CCNC1CCCC1. The lowest BCUT2D eigenvalue weighted by atomic mass is 9.83. The Bertz CT molecular complexity index is 424. The number of hydrogen-bond acceptors (Lipinski definition) is 1. The van der Waals surface area contributed by atoms with Crippen LogP contribution in [0.25, 0.3) is 0 Å². The molecule has 1 N–H and O–H groups in total. The van der Waals surface area contributed by atoms with Crippen molar-refractivity contribution in [3.05, 3.63) is 34.4 Å². The fourth-order valence-corrected chi connectivity index (χ4v) is 3.35. The van der Waals surface area contributed by atoms with E-state index in [0.29, 0.717) is 0 Å². The van der Waals surface area contributed by atoms with Crippen LogP contribution in [-0.2, 0) is 11.8 Å². The van der Waals surface area contributed by atoms with E-state index < -0.39 is 0 Å². The highest BCUT2D eigenvalue weighted by molar-refractivity contribution is 5.40. The molecular weight excluding hydrogens is 242 g/mol. The monoisotopic (exact) mass is 273 g/mol. The van der Waals surface area contributed by atoms with Gasteiger partial charge in [0.1, 0.15) is 0 Å². The molecule has 1 heteroatoms. The summed E-state index contributed by atoms with van der Waals surface area (Å²) in [6.07, 6.45) is 6.74. The third-order valence-electron chi connectivity index (χ3n) is 4.73. The Morgan fingerprint density at radius 3 is 2.10 bits per heavy atom. The van der Waals surface area contributed by atoms with Crippen molar-refractivity contribution >= 4 is 0 Å². The number of rotatable bonds is 4. The van der Waals surface area contributed by atoms with Crippen LogP contribution in [0, 0.1) is 13.8 Å². The van der Waals surface area contributed by atoms with E-state index in [1.807, 2.05) is 0 Å². The molecule has 1 aromatic carbocycles. The minimum Gasteiger partial charge on any atom is -0.314 e. The van der Waals surface area contributed by atoms with Gasteiger partial charge in [0.2, 0.25) is 0 Å². The van der Waals surface area contributed by atoms with Crippen LogP contribution >= 0.6 is 0 Å². The molecule has 0 aromatic heterocycles. The molecule has 2 rings (SSSR count). The zero-order valence-electron chi connectivity index (χ0n) is 14.0. The van der Waals surface area contributed by atoms with Gasteiger partial charge >= 0.3 is 0 Å². The molecule has 1 saturated carbocycles. The van der Waals surface area contributed by atoms with E-state index in [4.69, 9.17) is 0 Å². The van der Waals surface area contributed by atoms with Gasteiger partial charge in [-0.3, -0.25) is 0 Å². The summed E-state index contributed by atoms with van der Waals surface area (Å²) >= 11 is 0. The molecule has 1 nitrogen and oxygen atoms in total. The van der Waals surface area contributed by atoms with E-state index in [1.54, 1.807) is 5.56 Å². The summed E-state index contributed by atoms with van der Waals surface area (Å²) in [7, 11) is 0. The predicted octanol–water partition coefficient (Wildman–Crippen LogP) is 4.68. The van der Waals surface area contributed by atoms with E-state index in [2.05, 4.69) is 52.1 Å². The quantitative estimate of drug-likeness (QED) is 0.840. The molecular formula is C19H31N. The molecule has 0 saturated heterocycles. The molecule has 0 aliphatic heterocycles. The van der Waals surface area contributed by atoms with Crippen LogP contribution in [-0.4, -0.2) is 12.6 Å². The molecule has 0 atom stereocenters. The van der Waals surface area contributed by atoms with Crippen LogP contribution in [0.1, 0.15) is 68.7 Å². The molecule has 0 spiro atoms. The van der Waals surface area contributed by atoms with Gasteiger partial charge in [0, 0.05) is 6.04 Å². The van der Waals surface area contributed by atoms with Crippen molar-refractivity contribution in [1.82, 2.24) is 5.32 Å². The summed E-state index contributed by atoms with van der Waals surface area (Å²) in [5.74, 6) is 0. The minimum absolute atomic E-state index is 0.246. The van der Waals surface area contributed by atoms with Crippen molar-refractivity contribution in [1.29, 1.82) is 0 Å². The van der Waals surface area contributed by atoms with Crippen molar-refractivity contribution in [3.63, 3.8) is 0 Å². The normalized spacial score (nSPS) is 16.9. The van der Waals surface area contributed by atoms with E-state index in [-0.39, 0.29) is 5.41 Å². The minimum atomic E-state index is 0.246. The maximum absolute atomic E-state index is 3.73. The van der Waals surface area contributed by atoms with E-state index in [1.165, 1.54) is 48.8 Å². The summed E-state index contributed by atoms with van der Waals surface area (Å²) < 4.78 is 0. The molecule has 1 aliphatic rings. The average Bonchev–Trinajstić information content (AvgIpc) is 2.84. The van der Waals surface area contributed by atoms with Gasteiger partial charge in [-0.2, -0.15) is 0 Å². The second kappa shape index (κ2) is 6.30. The summed E-state index contributed by atoms with van der Waals surface area (Å²) in [6, 6.07) is 5.56. The van der Waals surface area contributed by atoms with Crippen molar-refractivity contribution in [2.45, 2.75) is 78.2 Å². The van der Waals surface area contributed by atoms with Crippen LogP contribution in [0.4, 0.5) is 0 Å². The fourth-order valence-electron chi connectivity index (χ4n) is 3.35. The molecule has 0 unspecified atom stereocenters. The van der Waals surface area contributed by atoms with Gasteiger partial charge in [-0.05, 0) is 67.3 Å². The van der Waals surface area contributed by atoms with Crippen molar-refractivity contribution in [2.75, 3.05) is 6.54 Å². The summed E-state index contributed by atoms with van der Waals surface area (Å²) in [5, 5.41) is 3.73. The lowest BCUT2D eigenvalue weighted by molar-refractivity contribution is 0.527. The zero-order chi connectivity index (χ0) is 14.8. The highest BCUT2D eigenvalue weighted by atomic mass is 14.9. The second-order valence-electron chi connectivity index (χ2n) is 7.52. The van der Waals surface area contributed by atoms with Crippen molar-refractivity contribution in [3.8, 4) is 0 Å². The molecule has 0 amide bonds. The Kier molecular flexibility index (Phi) is 4.90. The van der Waals surface area contributed by atoms with E-state index >= 15 is 0 Å². The Morgan fingerprint density at radius 2 is 1.60 bits per heavy atom. The van der Waals surface area contributed by atoms with Gasteiger partial charge in [-0.15, -0.1) is 0 Å². The number of hydrogen-bond donors (Lipinski definition) is 1. The third-order valence-corrected chi connectivity index (χ3v) is 4.73. The number of nitrogens with one attached hydrogen (secondary N) is 1. The van der Waals surface area contributed by atoms with Gasteiger partial charge in [0.05, 0.1) is 0 Å². The smallest absolute Gasteiger partial charge is 0.00671 e. The maximum Gasteiger partial charge on any atom is 0.00671 e. The van der Waals surface area contributed by atoms with Gasteiger partial charge < -0.3 is 5.32 Å². The Morgan fingerprint density at radius 1 is 1.05 bits per heavy atom. The van der Waals surface area contributed by atoms with Crippen molar-refractivity contribution < 1.29 is 0 Å². The molecule has 0 bridgehead atoms. The third kappa shape index (κ3) is 3.85. The topological polar surface area (TPSA) is 12.0 Å². The van der Waals surface area contributed by atoms with Gasteiger partial charge in [-0.1, -0.05) is 45.7 Å². The summed E-state index contributed by atoms with van der Waals surface area (Å²) in [5.41, 5.74) is 6.17. The highest BCUT2D eigenvalue weighted by Gasteiger charge is 2.17. The standard InChI is InChI=1S/C19H31N/c1-14-12-16(19(3,4)5)13-15(2)18(14)10-11-20-17-8-6-7-9-17/h12-13,17,20H,6-11H2,1-5H3. The van der Waals surface area contributed by atoms with Crippen LogP contribution in [0.5, 0.6) is 0 Å². The zero-order valence-corrected chi connectivity index (χ0v) is 14.0. The second-order valence-corrected chi connectivity index (χ2v) is 7.52. The Labute approximate surface area is 125 Å². The first kappa shape index (κ1) is 15.6. The Balaban J connectivity index is 2.00. The molecule has 0 radical (unpaired) electrons. The largest absolute Gasteiger partial charge is 0.314 e. The van der Waals surface area contributed by atoms with Crippen LogP contribution in [0.15, 0.2) is 12.1 Å². The molecule has 1 aromatic rings. The molecule has 1 aliphatic carbocycles. The number of benzene rings is 1.